The quantitative estimate of drug-likeness (QED) is 0.854. The topological polar surface area (TPSA) is 70.4 Å². The highest BCUT2D eigenvalue weighted by Crippen LogP contribution is 2.36. The number of benzene rings is 2. The summed E-state index contributed by atoms with van der Waals surface area (Å²) in [5.41, 5.74) is 1.44. The van der Waals surface area contributed by atoms with Gasteiger partial charge in [-0.3, -0.25) is 4.31 Å². The molecule has 0 fully saturated rings. The summed E-state index contributed by atoms with van der Waals surface area (Å²) < 4.78 is 32.5. The second-order valence-corrected chi connectivity index (χ2v) is 6.91. The Hall–Kier alpha value is -2.52. The summed E-state index contributed by atoms with van der Waals surface area (Å²) in [4.78, 5) is 0.200. The summed E-state index contributed by atoms with van der Waals surface area (Å²) in [5, 5.41) is 9.11. The van der Waals surface area contributed by atoms with E-state index in [2.05, 4.69) is 0 Å². The Morgan fingerprint density at radius 1 is 1.18 bits per heavy atom. The van der Waals surface area contributed by atoms with E-state index in [-0.39, 0.29) is 11.4 Å². The average molecular weight is 314 g/mol. The van der Waals surface area contributed by atoms with E-state index in [1.165, 1.54) is 4.31 Å². The van der Waals surface area contributed by atoms with Crippen LogP contribution in [0.3, 0.4) is 0 Å². The molecule has 0 spiro atoms. The monoisotopic (exact) mass is 314 g/mol. The molecule has 0 aliphatic carbocycles. The molecule has 0 N–H and O–H groups in total. The molecule has 0 saturated carbocycles. The van der Waals surface area contributed by atoms with Gasteiger partial charge in [-0.25, -0.2) is 8.42 Å². The molecule has 2 aromatic carbocycles. The molecule has 1 unspecified atom stereocenters. The average Bonchev–Trinajstić information content (AvgIpc) is 2.54. The van der Waals surface area contributed by atoms with Crippen molar-refractivity contribution >= 4 is 15.7 Å². The number of para-hydroxylation sites is 2. The van der Waals surface area contributed by atoms with E-state index in [9.17, 15) is 8.42 Å². The van der Waals surface area contributed by atoms with Crippen molar-refractivity contribution in [1.82, 2.24) is 0 Å². The number of sulfonamides is 1. The Morgan fingerprint density at radius 2 is 1.86 bits per heavy atom. The maximum atomic E-state index is 12.9. The zero-order valence-corrected chi connectivity index (χ0v) is 12.7. The minimum atomic E-state index is -3.73. The zero-order valence-electron chi connectivity index (χ0n) is 11.9. The highest BCUT2D eigenvalue weighted by atomic mass is 32.2. The number of fused-ring (bicyclic) bond motifs is 1. The van der Waals surface area contributed by atoms with Gasteiger partial charge in [0.05, 0.1) is 17.1 Å². The van der Waals surface area contributed by atoms with Gasteiger partial charge in [0.2, 0.25) is 6.10 Å². The third-order valence-corrected chi connectivity index (χ3v) is 5.28. The third-order valence-electron chi connectivity index (χ3n) is 3.49. The van der Waals surface area contributed by atoms with Crippen LogP contribution in [0.5, 0.6) is 5.75 Å². The van der Waals surface area contributed by atoms with Gasteiger partial charge in [-0.1, -0.05) is 29.8 Å². The highest BCUT2D eigenvalue weighted by Gasteiger charge is 2.34. The predicted octanol–water partition coefficient (Wildman–Crippen LogP) is 2.47. The van der Waals surface area contributed by atoms with Crippen molar-refractivity contribution in [3.8, 4) is 11.8 Å². The first-order chi connectivity index (χ1) is 10.5. The van der Waals surface area contributed by atoms with Crippen LogP contribution in [0.1, 0.15) is 5.56 Å². The van der Waals surface area contributed by atoms with Gasteiger partial charge in [-0.05, 0) is 31.2 Å². The van der Waals surface area contributed by atoms with Crippen LogP contribution in [0.15, 0.2) is 53.4 Å². The van der Waals surface area contributed by atoms with Crippen molar-refractivity contribution < 1.29 is 13.2 Å². The van der Waals surface area contributed by atoms with Gasteiger partial charge in [0.25, 0.3) is 10.0 Å². The fourth-order valence-electron chi connectivity index (χ4n) is 2.33. The Bertz CT molecular complexity index is 838. The van der Waals surface area contributed by atoms with Gasteiger partial charge < -0.3 is 4.74 Å². The van der Waals surface area contributed by atoms with Crippen molar-refractivity contribution in [3.63, 3.8) is 0 Å². The van der Waals surface area contributed by atoms with Crippen LogP contribution in [0.25, 0.3) is 0 Å². The number of rotatable bonds is 2. The molecule has 1 atom stereocenters. The Balaban J connectivity index is 2.10. The first kappa shape index (κ1) is 14.4. The molecular formula is C16H14N2O3S. The van der Waals surface area contributed by atoms with Gasteiger partial charge in [0, 0.05) is 0 Å². The number of nitriles is 1. The molecule has 112 valence electrons. The van der Waals surface area contributed by atoms with Gasteiger partial charge in [0.15, 0.2) is 0 Å². The molecule has 0 saturated heterocycles. The normalized spacial score (nSPS) is 17.3. The number of hydrogen-bond donors (Lipinski definition) is 0. The summed E-state index contributed by atoms with van der Waals surface area (Å²) in [7, 11) is -3.73. The molecular weight excluding hydrogens is 300 g/mol. The molecule has 0 amide bonds. The van der Waals surface area contributed by atoms with Crippen LogP contribution in [-0.2, 0) is 10.0 Å². The van der Waals surface area contributed by atoms with Crippen molar-refractivity contribution in [2.24, 2.45) is 0 Å². The summed E-state index contributed by atoms with van der Waals surface area (Å²) in [6, 6.07) is 15.5. The second kappa shape index (κ2) is 5.35. The Kier molecular flexibility index (Phi) is 3.51. The highest BCUT2D eigenvalue weighted by molar-refractivity contribution is 7.92. The minimum absolute atomic E-state index is 0.0241. The largest absolute Gasteiger partial charge is 0.471 e. The van der Waals surface area contributed by atoms with E-state index in [0.717, 1.165) is 5.56 Å². The SMILES string of the molecule is Cc1ccc(S(=O)(=O)N2CC(C#N)Oc3ccccc32)cc1. The summed E-state index contributed by atoms with van der Waals surface area (Å²) in [5.74, 6) is 0.399. The number of nitrogens with zero attached hydrogens (tertiary/aromatic N) is 2. The van der Waals surface area contributed by atoms with E-state index in [0.29, 0.717) is 11.4 Å². The standard InChI is InChI=1S/C16H14N2O3S/c1-12-6-8-14(9-7-12)22(19,20)18-11-13(10-17)21-16-5-3-2-4-15(16)18/h2-9,13H,11H2,1H3. The lowest BCUT2D eigenvalue weighted by Crippen LogP contribution is -2.42. The third kappa shape index (κ3) is 2.40. The Labute approximate surface area is 129 Å². The number of ether oxygens (including phenoxy) is 1. The van der Waals surface area contributed by atoms with Crippen molar-refractivity contribution in [2.45, 2.75) is 17.9 Å². The molecule has 5 nitrogen and oxygen atoms in total. The minimum Gasteiger partial charge on any atom is -0.471 e. The number of hydrogen-bond acceptors (Lipinski definition) is 4. The maximum absolute atomic E-state index is 12.9. The van der Waals surface area contributed by atoms with Gasteiger partial charge >= 0.3 is 0 Å². The molecule has 1 aliphatic rings. The number of anilines is 1. The van der Waals surface area contributed by atoms with Gasteiger partial charge in [0.1, 0.15) is 11.8 Å². The molecule has 6 heteroatoms. The van der Waals surface area contributed by atoms with Crippen LogP contribution in [-0.4, -0.2) is 21.1 Å². The molecule has 0 radical (unpaired) electrons. The lowest BCUT2D eigenvalue weighted by Gasteiger charge is -2.32. The molecule has 0 aromatic heterocycles. The van der Waals surface area contributed by atoms with Crippen molar-refractivity contribution in [2.75, 3.05) is 10.8 Å². The lowest BCUT2D eigenvalue weighted by molar-refractivity contribution is 0.253. The van der Waals surface area contributed by atoms with E-state index >= 15 is 0 Å². The summed E-state index contributed by atoms with van der Waals surface area (Å²) in [6.07, 6.45) is -0.824. The first-order valence-electron chi connectivity index (χ1n) is 6.77. The van der Waals surface area contributed by atoms with E-state index in [4.69, 9.17) is 10.00 Å². The molecule has 2 aromatic rings. The predicted molar refractivity (Wildman–Crippen MR) is 82.2 cm³/mol. The first-order valence-corrected chi connectivity index (χ1v) is 8.21. The van der Waals surface area contributed by atoms with Crippen LogP contribution < -0.4 is 9.04 Å². The fourth-order valence-corrected chi connectivity index (χ4v) is 3.81. The second-order valence-electron chi connectivity index (χ2n) is 5.05. The van der Waals surface area contributed by atoms with Gasteiger partial charge in [-0.2, -0.15) is 5.26 Å². The molecule has 1 aliphatic heterocycles. The summed E-state index contributed by atoms with van der Waals surface area (Å²) >= 11 is 0. The number of aryl methyl sites for hydroxylation is 1. The molecule has 22 heavy (non-hydrogen) atoms. The molecule has 1 heterocycles. The van der Waals surface area contributed by atoms with Crippen LogP contribution in [0.4, 0.5) is 5.69 Å². The zero-order chi connectivity index (χ0) is 15.7. The van der Waals surface area contributed by atoms with Gasteiger partial charge in [-0.15, -0.1) is 0 Å². The van der Waals surface area contributed by atoms with E-state index in [1.807, 2.05) is 13.0 Å². The van der Waals surface area contributed by atoms with Crippen molar-refractivity contribution in [1.29, 1.82) is 5.26 Å². The fraction of sp³-hybridized carbons (Fsp3) is 0.188. The van der Waals surface area contributed by atoms with Crippen LogP contribution >= 0.6 is 0 Å². The smallest absolute Gasteiger partial charge is 0.264 e. The van der Waals surface area contributed by atoms with Crippen LogP contribution in [0.2, 0.25) is 0 Å². The maximum Gasteiger partial charge on any atom is 0.264 e. The summed E-state index contributed by atoms with van der Waals surface area (Å²) in [6.45, 7) is 1.87. The van der Waals surface area contributed by atoms with E-state index < -0.39 is 16.1 Å². The van der Waals surface area contributed by atoms with Crippen LogP contribution in [0, 0.1) is 18.3 Å². The van der Waals surface area contributed by atoms with Crippen molar-refractivity contribution in [3.05, 3.63) is 54.1 Å². The van der Waals surface area contributed by atoms with E-state index in [1.54, 1.807) is 48.5 Å². The molecule has 3 rings (SSSR count). The Morgan fingerprint density at radius 3 is 2.55 bits per heavy atom. The lowest BCUT2D eigenvalue weighted by atomic mass is 10.2. The molecule has 0 bridgehead atoms.